The Labute approximate surface area is 157 Å². The summed E-state index contributed by atoms with van der Waals surface area (Å²) >= 11 is 7.87. The number of nitrogens with two attached hydrogens (primary N) is 1. The normalized spacial score (nSPS) is 17.9. The molecule has 2 N–H and O–H groups in total. The van der Waals surface area contributed by atoms with E-state index in [0.717, 1.165) is 45.7 Å². The molecule has 0 bridgehead atoms. The molecule has 0 saturated heterocycles. The zero-order valence-corrected chi connectivity index (χ0v) is 16.5. The highest BCUT2D eigenvalue weighted by molar-refractivity contribution is 7.17. The van der Waals surface area contributed by atoms with Crippen molar-refractivity contribution < 1.29 is 0 Å². The molecule has 25 heavy (non-hydrogen) atoms. The number of imidazole rings is 1. The van der Waals surface area contributed by atoms with Gasteiger partial charge in [-0.25, -0.2) is 4.98 Å². The lowest BCUT2D eigenvalue weighted by molar-refractivity contribution is 0.216. The summed E-state index contributed by atoms with van der Waals surface area (Å²) in [5.74, 6) is 0.736. The summed E-state index contributed by atoms with van der Waals surface area (Å²) in [4.78, 5) is 7.50. The zero-order chi connectivity index (χ0) is 17.8. The second kappa shape index (κ2) is 6.11. The molecular weight excluding hydrogens is 350 g/mol. The molecule has 0 saturated carbocycles. The van der Waals surface area contributed by atoms with E-state index in [1.807, 2.05) is 35.6 Å². The van der Waals surface area contributed by atoms with Crippen molar-refractivity contribution in [2.75, 3.05) is 0 Å². The summed E-state index contributed by atoms with van der Waals surface area (Å²) < 4.78 is 2.32. The molecule has 3 aromatic rings. The number of benzene rings is 1. The summed E-state index contributed by atoms with van der Waals surface area (Å²) in [7, 11) is 0. The average molecular weight is 374 g/mol. The van der Waals surface area contributed by atoms with Gasteiger partial charge >= 0.3 is 0 Å². The number of aryl methyl sites for hydroxylation is 1. The van der Waals surface area contributed by atoms with Gasteiger partial charge in [0.05, 0.1) is 11.4 Å². The third-order valence-electron chi connectivity index (χ3n) is 5.45. The molecule has 1 aliphatic rings. The van der Waals surface area contributed by atoms with E-state index in [-0.39, 0.29) is 0 Å². The SMILES string of the molecule is CC(C)(C)C1CCc2c(sc3nc(-c4ccc(Cl)cc4)c(CN)n23)C1. The van der Waals surface area contributed by atoms with Gasteiger partial charge in [-0.1, -0.05) is 44.5 Å². The summed E-state index contributed by atoms with van der Waals surface area (Å²) in [6, 6.07) is 7.87. The van der Waals surface area contributed by atoms with Crippen LogP contribution < -0.4 is 5.73 Å². The molecule has 4 rings (SSSR count). The molecule has 1 unspecified atom stereocenters. The Hall–Kier alpha value is -1.36. The predicted octanol–water partition coefficient (Wildman–Crippen LogP) is 5.33. The molecule has 0 amide bonds. The Morgan fingerprint density at radius 1 is 1.28 bits per heavy atom. The van der Waals surface area contributed by atoms with Gasteiger partial charge in [-0.15, -0.1) is 11.3 Å². The molecule has 132 valence electrons. The van der Waals surface area contributed by atoms with Crippen LogP contribution in [0.1, 0.15) is 43.5 Å². The second-order valence-corrected chi connectivity index (χ2v) is 9.51. The number of aromatic nitrogens is 2. The van der Waals surface area contributed by atoms with Crippen LogP contribution in [0.5, 0.6) is 0 Å². The van der Waals surface area contributed by atoms with Crippen molar-refractivity contribution in [1.29, 1.82) is 0 Å². The molecule has 2 heterocycles. The smallest absolute Gasteiger partial charge is 0.194 e. The van der Waals surface area contributed by atoms with Gasteiger partial charge in [0.15, 0.2) is 4.96 Å². The number of hydrogen-bond acceptors (Lipinski definition) is 3. The van der Waals surface area contributed by atoms with Crippen LogP contribution in [-0.4, -0.2) is 9.38 Å². The summed E-state index contributed by atoms with van der Waals surface area (Å²) in [5, 5.41) is 0.740. The van der Waals surface area contributed by atoms with Crippen molar-refractivity contribution in [3.63, 3.8) is 0 Å². The fourth-order valence-corrected chi connectivity index (χ4v) is 5.28. The molecule has 5 heteroatoms. The maximum Gasteiger partial charge on any atom is 0.194 e. The second-order valence-electron chi connectivity index (χ2n) is 8.01. The van der Waals surface area contributed by atoms with Crippen LogP contribution in [0.2, 0.25) is 5.02 Å². The summed E-state index contributed by atoms with van der Waals surface area (Å²) in [5.41, 5.74) is 11.1. The van der Waals surface area contributed by atoms with E-state index in [4.69, 9.17) is 22.3 Å². The van der Waals surface area contributed by atoms with Crippen molar-refractivity contribution >= 4 is 27.9 Å². The van der Waals surface area contributed by atoms with Gasteiger partial charge in [0, 0.05) is 27.7 Å². The third kappa shape index (κ3) is 2.90. The van der Waals surface area contributed by atoms with Gasteiger partial charge in [-0.05, 0) is 42.7 Å². The van der Waals surface area contributed by atoms with Crippen molar-refractivity contribution in [2.24, 2.45) is 17.1 Å². The van der Waals surface area contributed by atoms with Crippen LogP contribution in [0.15, 0.2) is 24.3 Å². The maximum absolute atomic E-state index is 6.14. The molecule has 1 atom stereocenters. The monoisotopic (exact) mass is 373 g/mol. The number of hydrogen-bond donors (Lipinski definition) is 1. The zero-order valence-electron chi connectivity index (χ0n) is 15.0. The van der Waals surface area contributed by atoms with E-state index in [1.54, 1.807) is 0 Å². The van der Waals surface area contributed by atoms with Gasteiger partial charge in [0.1, 0.15) is 0 Å². The molecule has 1 aliphatic carbocycles. The number of fused-ring (bicyclic) bond motifs is 3. The third-order valence-corrected chi connectivity index (χ3v) is 6.80. The maximum atomic E-state index is 6.14. The highest BCUT2D eigenvalue weighted by atomic mass is 35.5. The Morgan fingerprint density at radius 3 is 2.64 bits per heavy atom. The largest absolute Gasteiger partial charge is 0.325 e. The van der Waals surface area contributed by atoms with Gasteiger partial charge in [0.2, 0.25) is 0 Å². The first-order valence-corrected chi connectivity index (χ1v) is 10.1. The van der Waals surface area contributed by atoms with E-state index in [2.05, 4.69) is 25.2 Å². The minimum atomic E-state index is 0.356. The quantitative estimate of drug-likeness (QED) is 0.660. The molecule has 0 fully saturated rings. The van der Waals surface area contributed by atoms with Crippen LogP contribution in [0.4, 0.5) is 0 Å². The van der Waals surface area contributed by atoms with Gasteiger partial charge in [0.25, 0.3) is 0 Å². The minimum absolute atomic E-state index is 0.356. The summed E-state index contributed by atoms with van der Waals surface area (Å²) in [6.07, 6.45) is 3.51. The first kappa shape index (κ1) is 17.1. The lowest BCUT2D eigenvalue weighted by Gasteiger charge is -2.33. The van der Waals surface area contributed by atoms with Crippen molar-refractivity contribution in [3.8, 4) is 11.3 Å². The molecule has 2 aromatic heterocycles. The highest BCUT2D eigenvalue weighted by Gasteiger charge is 2.32. The molecule has 3 nitrogen and oxygen atoms in total. The number of nitrogens with zero attached hydrogens (tertiary/aromatic N) is 2. The highest BCUT2D eigenvalue weighted by Crippen LogP contribution is 2.41. The van der Waals surface area contributed by atoms with Crippen LogP contribution in [-0.2, 0) is 19.4 Å². The van der Waals surface area contributed by atoms with Crippen LogP contribution in [0, 0.1) is 11.3 Å². The first-order chi connectivity index (χ1) is 11.9. The van der Waals surface area contributed by atoms with Crippen molar-refractivity contribution in [2.45, 2.75) is 46.6 Å². The van der Waals surface area contributed by atoms with Crippen LogP contribution >= 0.6 is 22.9 Å². The predicted molar refractivity (Wildman–Crippen MR) is 106 cm³/mol. The standard InChI is InChI=1S/C20H24ClN3S/c1-20(2,3)13-6-9-15-17(10-13)25-19-23-18(16(11-22)24(15)19)12-4-7-14(21)8-5-12/h4-5,7-8,13H,6,9-11,22H2,1-3H3. The van der Waals surface area contributed by atoms with E-state index >= 15 is 0 Å². The number of halogens is 1. The van der Waals surface area contributed by atoms with Gasteiger partial charge < -0.3 is 5.73 Å². The van der Waals surface area contributed by atoms with Crippen LogP contribution in [0.3, 0.4) is 0 Å². The fraction of sp³-hybridized carbons (Fsp3) is 0.450. The molecule has 0 radical (unpaired) electrons. The molecular formula is C20H24ClN3S. The lowest BCUT2D eigenvalue weighted by atomic mass is 9.73. The van der Waals surface area contributed by atoms with Gasteiger partial charge in [-0.3, -0.25) is 4.40 Å². The topological polar surface area (TPSA) is 43.3 Å². The average Bonchev–Trinajstić information content (AvgIpc) is 3.09. The Morgan fingerprint density at radius 2 is 2.00 bits per heavy atom. The van der Waals surface area contributed by atoms with E-state index in [0.29, 0.717) is 12.0 Å². The van der Waals surface area contributed by atoms with Crippen LogP contribution in [0.25, 0.3) is 16.2 Å². The van der Waals surface area contributed by atoms with Crippen molar-refractivity contribution in [1.82, 2.24) is 9.38 Å². The molecule has 0 spiro atoms. The van der Waals surface area contributed by atoms with Crippen molar-refractivity contribution in [3.05, 3.63) is 45.6 Å². The minimum Gasteiger partial charge on any atom is -0.325 e. The number of thiazole rings is 1. The summed E-state index contributed by atoms with van der Waals surface area (Å²) in [6.45, 7) is 7.55. The lowest BCUT2D eigenvalue weighted by Crippen LogP contribution is -2.26. The van der Waals surface area contributed by atoms with Gasteiger partial charge in [-0.2, -0.15) is 0 Å². The molecule has 0 aliphatic heterocycles. The Kier molecular flexibility index (Phi) is 4.18. The van der Waals surface area contributed by atoms with E-state index in [9.17, 15) is 0 Å². The van der Waals surface area contributed by atoms with E-state index in [1.165, 1.54) is 17.0 Å². The number of rotatable bonds is 2. The Bertz CT molecular complexity index is 915. The van der Waals surface area contributed by atoms with E-state index < -0.39 is 0 Å². The Balaban J connectivity index is 1.81. The first-order valence-electron chi connectivity index (χ1n) is 8.86. The fourth-order valence-electron chi connectivity index (χ4n) is 3.89. The molecule has 1 aromatic carbocycles.